The lowest BCUT2D eigenvalue weighted by molar-refractivity contribution is 0.0950. The molecule has 0 fully saturated rings. The second kappa shape index (κ2) is 9.92. The number of nitrogens with one attached hydrogen (secondary N) is 3. The number of rotatable bonds is 8. The highest BCUT2D eigenvalue weighted by atomic mass is 35.5. The molecule has 0 saturated carbocycles. The summed E-state index contributed by atoms with van der Waals surface area (Å²) >= 11 is 6.11. The number of aromatic nitrogens is 2. The molecule has 0 atom stereocenters. The Morgan fingerprint density at radius 1 is 1.09 bits per heavy atom. The second-order valence-electron chi connectivity index (χ2n) is 7.93. The first kappa shape index (κ1) is 23.9. The molecule has 2 aromatic heterocycles. The third-order valence-corrected chi connectivity index (χ3v) is 6.24. The molecule has 0 radical (unpaired) electrons. The highest BCUT2D eigenvalue weighted by molar-refractivity contribution is 7.88. The molecule has 176 valence electrons. The minimum absolute atomic E-state index is 0.0166. The molecule has 1 amide bonds. The zero-order valence-corrected chi connectivity index (χ0v) is 19.8. The van der Waals surface area contributed by atoms with Crippen LogP contribution in [0.5, 0.6) is 0 Å². The van der Waals surface area contributed by atoms with Gasteiger partial charge in [0, 0.05) is 59.6 Å². The zero-order valence-electron chi connectivity index (χ0n) is 18.2. The van der Waals surface area contributed by atoms with Crippen LogP contribution in [0.3, 0.4) is 0 Å². The number of sulfonamides is 1. The molecule has 34 heavy (non-hydrogen) atoms. The normalized spacial score (nSPS) is 11.6. The molecule has 10 heteroatoms. The summed E-state index contributed by atoms with van der Waals surface area (Å²) in [7, 11) is -3.25. The Labute approximate surface area is 201 Å². The fraction of sp³-hybridized carbons (Fsp3) is 0.167. The lowest BCUT2D eigenvalue weighted by Crippen LogP contribution is -2.23. The van der Waals surface area contributed by atoms with Crippen molar-refractivity contribution in [1.29, 1.82) is 0 Å². The van der Waals surface area contributed by atoms with Crippen LogP contribution in [0.2, 0.25) is 5.02 Å². The molecular formula is C24H22ClFN4O3S. The van der Waals surface area contributed by atoms with Crippen LogP contribution >= 0.6 is 11.6 Å². The predicted octanol–water partition coefficient (Wildman–Crippen LogP) is 3.93. The molecular weight excluding hydrogens is 479 g/mol. The van der Waals surface area contributed by atoms with Crippen LogP contribution in [0.15, 0.2) is 60.9 Å². The molecule has 2 aromatic carbocycles. The molecule has 0 aliphatic rings. The van der Waals surface area contributed by atoms with Gasteiger partial charge in [0.05, 0.1) is 11.3 Å². The highest BCUT2D eigenvalue weighted by Crippen LogP contribution is 2.25. The van der Waals surface area contributed by atoms with Crippen molar-refractivity contribution in [2.45, 2.75) is 19.5 Å². The third-order valence-electron chi connectivity index (χ3n) is 5.26. The van der Waals surface area contributed by atoms with Gasteiger partial charge in [-0.2, -0.15) is 0 Å². The number of nitrogens with zero attached hydrogens (tertiary/aromatic N) is 1. The molecule has 0 aliphatic heterocycles. The number of pyridine rings is 1. The molecule has 0 bridgehead atoms. The quantitative estimate of drug-likeness (QED) is 0.341. The molecule has 0 saturated heterocycles. The van der Waals surface area contributed by atoms with Crippen molar-refractivity contribution in [3.05, 3.63) is 99.7 Å². The van der Waals surface area contributed by atoms with Gasteiger partial charge in [0.2, 0.25) is 10.0 Å². The van der Waals surface area contributed by atoms with E-state index in [9.17, 15) is 17.6 Å². The van der Waals surface area contributed by atoms with Gasteiger partial charge in [-0.05, 0) is 35.4 Å². The summed E-state index contributed by atoms with van der Waals surface area (Å²) in [6, 6.07) is 13.7. The van der Waals surface area contributed by atoms with Crippen molar-refractivity contribution in [2.24, 2.45) is 0 Å². The molecule has 0 unspecified atom stereocenters. The largest absolute Gasteiger partial charge is 0.360 e. The first-order chi connectivity index (χ1) is 16.2. The number of amides is 1. The number of benzene rings is 2. The zero-order chi connectivity index (χ0) is 24.3. The SMILES string of the molecule is CS(=O)(=O)NCc1ccc(Cc2cc(C(=O)NCc3cc4c(Cl)c[nH]c4cc3F)ccn2)cc1. The average Bonchev–Trinajstić information content (AvgIpc) is 3.15. The van der Waals surface area contributed by atoms with Gasteiger partial charge in [0.15, 0.2) is 0 Å². The summed E-state index contributed by atoms with van der Waals surface area (Å²) in [4.78, 5) is 19.9. The number of hydrogen-bond acceptors (Lipinski definition) is 4. The predicted molar refractivity (Wildman–Crippen MR) is 130 cm³/mol. The molecule has 4 rings (SSSR count). The summed E-state index contributed by atoms with van der Waals surface area (Å²) in [6.07, 6.45) is 4.76. The lowest BCUT2D eigenvalue weighted by atomic mass is 10.1. The van der Waals surface area contributed by atoms with Crippen molar-refractivity contribution in [2.75, 3.05) is 6.26 Å². The number of carbonyl (C=O) groups is 1. The van der Waals surface area contributed by atoms with E-state index in [4.69, 9.17) is 11.6 Å². The van der Waals surface area contributed by atoms with Gasteiger partial charge in [0.1, 0.15) is 5.82 Å². The smallest absolute Gasteiger partial charge is 0.251 e. The Hall–Kier alpha value is -3.27. The van der Waals surface area contributed by atoms with E-state index in [-0.39, 0.29) is 19.0 Å². The molecule has 7 nitrogen and oxygen atoms in total. The Kier molecular flexibility index (Phi) is 6.97. The first-order valence-corrected chi connectivity index (χ1v) is 12.7. The molecule has 0 spiro atoms. The Balaban J connectivity index is 1.39. The van der Waals surface area contributed by atoms with E-state index >= 15 is 0 Å². The maximum atomic E-state index is 14.4. The highest BCUT2D eigenvalue weighted by Gasteiger charge is 2.12. The Morgan fingerprint density at radius 2 is 1.82 bits per heavy atom. The van der Waals surface area contributed by atoms with Crippen molar-refractivity contribution >= 4 is 38.4 Å². The average molecular weight is 501 g/mol. The number of hydrogen-bond donors (Lipinski definition) is 3. The minimum atomic E-state index is -3.25. The summed E-state index contributed by atoms with van der Waals surface area (Å²) in [6.45, 7) is 0.236. The number of fused-ring (bicyclic) bond motifs is 1. The van der Waals surface area contributed by atoms with Gasteiger partial charge in [-0.3, -0.25) is 9.78 Å². The van der Waals surface area contributed by atoms with E-state index in [1.165, 1.54) is 6.07 Å². The van der Waals surface area contributed by atoms with E-state index in [1.807, 2.05) is 24.3 Å². The first-order valence-electron chi connectivity index (χ1n) is 10.4. The van der Waals surface area contributed by atoms with Crippen LogP contribution in [0.25, 0.3) is 10.9 Å². The Bertz CT molecular complexity index is 1450. The fourth-order valence-electron chi connectivity index (χ4n) is 3.48. The maximum Gasteiger partial charge on any atom is 0.251 e. The van der Waals surface area contributed by atoms with Crippen molar-refractivity contribution in [3.8, 4) is 0 Å². The van der Waals surface area contributed by atoms with Crippen LogP contribution < -0.4 is 10.0 Å². The third kappa shape index (κ3) is 5.99. The van der Waals surface area contributed by atoms with Crippen LogP contribution in [0.4, 0.5) is 4.39 Å². The van der Waals surface area contributed by atoms with E-state index < -0.39 is 15.8 Å². The number of aromatic amines is 1. The number of halogens is 2. The number of carbonyl (C=O) groups excluding carboxylic acids is 1. The van der Waals surface area contributed by atoms with Crippen LogP contribution in [-0.4, -0.2) is 30.5 Å². The Morgan fingerprint density at radius 3 is 2.56 bits per heavy atom. The van der Waals surface area contributed by atoms with Crippen LogP contribution in [0, 0.1) is 5.82 Å². The van der Waals surface area contributed by atoms with Crippen LogP contribution in [0.1, 0.15) is 32.7 Å². The number of H-pyrrole nitrogens is 1. The van der Waals surface area contributed by atoms with E-state index in [1.54, 1.807) is 30.6 Å². The standard InChI is InChI=1S/C24H22ClFN4O3S/c1-34(32,33)30-12-16-4-2-15(3-5-16)8-19-9-17(6-7-27-19)24(31)29-13-18-10-20-21(25)14-28-23(20)11-22(18)26/h2-7,9-11,14,28,30H,8,12-13H2,1H3,(H,29,31). The van der Waals surface area contributed by atoms with E-state index in [0.29, 0.717) is 39.2 Å². The van der Waals surface area contributed by atoms with Crippen LogP contribution in [-0.2, 0) is 29.5 Å². The van der Waals surface area contributed by atoms with E-state index in [2.05, 4.69) is 20.0 Å². The van der Waals surface area contributed by atoms with Crippen molar-refractivity contribution < 1.29 is 17.6 Å². The van der Waals surface area contributed by atoms with Gasteiger partial charge in [0.25, 0.3) is 5.91 Å². The molecule has 0 aliphatic carbocycles. The van der Waals surface area contributed by atoms with E-state index in [0.717, 1.165) is 17.4 Å². The second-order valence-corrected chi connectivity index (χ2v) is 10.2. The molecule has 2 heterocycles. The summed E-state index contributed by atoms with van der Waals surface area (Å²) in [5, 5.41) is 3.92. The monoisotopic (exact) mass is 500 g/mol. The minimum Gasteiger partial charge on any atom is -0.360 e. The van der Waals surface area contributed by atoms with Gasteiger partial charge in [-0.15, -0.1) is 0 Å². The fourth-order valence-corrected chi connectivity index (χ4v) is 4.12. The van der Waals surface area contributed by atoms with Gasteiger partial charge >= 0.3 is 0 Å². The van der Waals surface area contributed by atoms with Gasteiger partial charge in [-0.1, -0.05) is 35.9 Å². The topological polar surface area (TPSA) is 104 Å². The summed E-state index contributed by atoms with van der Waals surface area (Å²) < 4.78 is 39.3. The summed E-state index contributed by atoms with van der Waals surface area (Å²) in [5.41, 5.74) is 3.84. The van der Waals surface area contributed by atoms with Gasteiger partial charge in [-0.25, -0.2) is 17.5 Å². The van der Waals surface area contributed by atoms with Crippen molar-refractivity contribution in [3.63, 3.8) is 0 Å². The molecule has 4 aromatic rings. The molecule has 3 N–H and O–H groups in total. The maximum absolute atomic E-state index is 14.4. The van der Waals surface area contributed by atoms with Gasteiger partial charge < -0.3 is 10.3 Å². The lowest BCUT2D eigenvalue weighted by Gasteiger charge is -2.09. The van der Waals surface area contributed by atoms with Crippen molar-refractivity contribution in [1.82, 2.24) is 20.0 Å². The summed E-state index contributed by atoms with van der Waals surface area (Å²) in [5.74, 6) is -0.776.